The topological polar surface area (TPSA) is 413 Å². The molecular formula is C91H108Cl3FN10O18. The van der Waals surface area contributed by atoms with Gasteiger partial charge in [-0.25, -0.2) is 10.3 Å². The summed E-state index contributed by atoms with van der Waals surface area (Å²) in [5, 5.41) is 57.2. The second kappa shape index (κ2) is 41.7. The highest BCUT2D eigenvalue weighted by Gasteiger charge is 2.52. The van der Waals surface area contributed by atoms with E-state index in [1.54, 1.807) is 89.0 Å². The van der Waals surface area contributed by atoms with Crippen LogP contribution in [-0.2, 0) is 47.5 Å². The molecule has 6 saturated carbocycles. The Hall–Kier alpha value is -9.22. The largest absolute Gasteiger partial charge is 0.454 e. The lowest BCUT2D eigenvalue weighted by Gasteiger charge is -2.32. The maximum Gasteiger partial charge on any atom is 0.304 e. The molecule has 32 heteroatoms. The number of hydrogen-bond acceptors (Lipinski definition) is 26. The van der Waals surface area contributed by atoms with E-state index in [0.717, 1.165) is 180 Å². The zero-order valence-electron chi connectivity index (χ0n) is 69.8. The molecule has 658 valence electrons. The smallest absolute Gasteiger partial charge is 0.304 e. The number of halogens is 4. The normalized spacial score (nSPS) is 22.6. The van der Waals surface area contributed by atoms with Gasteiger partial charge in [-0.2, -0.15) is 10.5 Å². The van der Waals surface area contributed by atoms with Crippen LogP contribution in [0.15, 0.2) is 136 Å². The number of benzene rings is 4. The van der Waals surface area contributed by atoms with Crippen LogP contribution in [0.1, 0.15) is 186 Å². The Morgan fingerprint density at radius 2 is 1.00 bits per heavy atom. The molecule has 0 radical (unpaired) electrons. The van der Waals surface area contributed by atoms with E-state index in [2.05, 4.69) is 55.6 Å². The molecule has 12 fully saturated rings. The number of aromatic nitrogens is 2. The highest BCUT2D eigenvalue weighted by molar-refractivity contribution is 6.97. The third-order valence-electron chi connectivity index (χ3n) is 23.7. The number of carbonyl (C=O) groups excluding carboxylic acids is 5. The number of anilines is 1. The average Bonchev–Trinajstić information content (AvgIpc) is 1.62. The van der Waals surface area contributed by atoms with Crippen LogP contribution in [0.2, 0.25) is 0 Å². The van der Waals surface area contributed by atoms with Gasteiger partial charge < -0.3 is 83.5 Å². The van der Waals surface area contributed by atoms with Gasteiger partial charge in [0, 0.05) is 170 Å². The number of nitrogens with two attached hydrogens (primary N) is 2. The number of amides is 2. The van der Waals surface area contributed by atoms with Crippen molar-refractivity contribution in [1.82, 2.24) is 19.8 Å². The first-order chi connectivity index (χ1) is 58.6. The van der Waals surface area contributed by atoms with Crippen LogP contribution >= 0.6 is 35.6 Å². The zero-order chi connectivity index (χ0) is 87.2. The van der Waals surface area contributed by atoms with Gasteiger partial charge in [-0.05, 0) is 204 Å². The Kier molecular flexibility index (Phi) is 32.0. The summed E-state index contributed by atoms with van der Waals surface area (Å²) in [5.41, 5.74) is 17.4. The Balaban J connectivity index is 0.000000149. The number of Topliss-reactive ketones (excluding diaryl/α,β-unsaturated/α-hetero) is 1. The Morgan fingerprint density at radius 1 is 0.561 bits per heavy atom. The van der Waals surface area contributed by atoms with Crippen LogP contribution in [0, 0.1) is 28.5 Å². The molecule has 8 aromatic rings. The molecular weight excluding hydrogens is 1650 g/mol. The number of furan rings is 2. The number of pyridine rings is 2. The number of rotatable bonds is 10. The summed E-state index contributed by atoms with van der Waals surface area (Å²) >= 11 is 8.98. The maximum atomic E-state index is 13.7. The first kappa shape index (κ1) is 94.5. The van der Waals surface area contributed by atoms with Gasteiger partial charge in [0.05, 0.1) is 81.6 Å². The number of carbonyl (C=O) groups is 5. The third-order valence-corrected chi connectivity index (χ3v) is 24.1. The monoisotopic (exact) mass is 1750 g/mol. The lowest BCUT2D eigenvalue weighted by molar-refractivity contribution is -0.214. The molecule has 6 saturated heterocycles. The Morgan fingerprint density at radius 3 is 1.43 bits per heavy atom. The second-order valence-electron chi connectivity index (χ2n) is 33.7. The summed E-state index contributed by atoms with van der Waals surface area (Å²) in [4.78, 5) is 65.9. The number of nitriles is 2. The van der Waals surface area contributed by atoms with Crippen molar-refractivity contribution in [3.8, 4) is 57.0 Å². The first-order valence-electron chi connectivity index (χ1n) is 41.4. The van der Waals surface area contributed by atoms with E-state index in [1.165, 1.54) is 42.7 Å². The number of ether oxygens (including phenoxy) is 7. The van der Waals surface area contributed by atoms with E-state index in [4.69, 9.17) is 63.4 Å². The quantitative estimate of drug-likeness (QED) is 0.0289. The highest BCUT2D eigenvalue weighted by atomic mass is 35.5. The number of nitrogens with one attached hydrogen (secondary N) is 1. The number of hydrogen-bond donors (Lipinski definition) is 7. The molecule has 5 atom stereocenters. The van der Waals surface area contributed by atoms with Gasteiger partial charge in [0.15, 0.2) is 17.5 Å². The van der Waals surface area contributed by atoms with E-state index in [0.29, 0.717) is 94.2 Å². The van der Waals surface area contributed by atoms with Gasteiger partial charge in [0.25, 0.3) is 11.8 Å². The van der Waals surface area contributed by atoms with Gasteiger partial charge in [-0.3, -0.25) is 33.9 Å². The fourth-order valence-corrected chi connectivity index (χ4v) is 15.8. The Labute approximate surface area is 729 Å². The molecule has 123 heavy (non-hydrogen) atoms. The van der Waals surface area contributed by atoms with Crippen molar-refractivity contribution >= 4 is 97.3 Å². The van der Waals surface area contributed by atoms with Crippen molar-refractivity contribution in [2.45, 2.75) is 218 Å². The number of aliphatic hydroxyl groups is 2. The summed E-state index contributed by atoms with van der Waals surface area (Å²) in [5.74, 6) is 4.48. The molecule has 4 aromatic heterocycles. The van der Waals surface area contributed by atoms with Crippen molar-refractivity contribution in [1.29, 1.82) is 10.5 Å². The van der Waals surface area contributed by atoms with E-state index in [1.807, 2.05) is 66.7 Å². The number of nitrogens with zero attached hydrogens (tertiary/aromatic N) is 7. The maximum absolute atomic E-state index is 13.7. The van der Waals surface area contributed by atoms with Crippen LogP contribution in [0.3, 0.4) is 0 Å². The Bertz CT molecular complexity index is 5080. The number of oxime groups is 1. The standard InChI is InChI=1S/C30H28N4O3.C23H16FN3O2.C8H14O3.C7H11NO2.C7H13NO.C7H12O2.C7H10O2.C2Cl2O2.ClH.H3NO/c1-34(2)29(35)20-5-3-19(4-6-20)27-16-26-28(37-27)24(9-13-32-26)21-7-8-25(22(15-21)18-31)33-23-10-14-36-30(17-23)11-12-30;1-27(2)23(28)15-5-3-14(4-6-15)21-12-20-22(29-21)18(9-10-26-20)16-7-8-19(24)17(11-16)13-25;1-10-7-4-6(9)5-8(11-7)2-3-8;9-8-6-1-4-10-7(5-6)2-3-7;3*8-6-1-4-9-7(5-6)2-3-7;3-1(5)2(4)6;;1-2/h3-9,13,15-16,23,33H,10-12,14,17H2,1-2H3;3-12H,1-2H3;6-7,9H,2-5H2,1H3;9H,1-5H2;6H,1-5,8H2;6,8H,1-5H2;1-5H2;;1H;2H,1H2/b;;;8-6-;;;;;;. The first-order valence-corrected chi connectivity index (χ1v) is 42.1. The van der Waals surface area contributed by atoms with Crippen LogP contribution < -0.4 is 16.9 Å². The molecule has 2 amide bonds. The lowest BCUT2D eigenvalue weighted by atomic mass is 9.99. The molecule has 28 nitrogen and oxygen atoms in total. The summed E-state index contributed by atoms with van der Waals surface area (Å²) in [6, 6.07) is 37.1. The SMILES string of the molecule is CN(C)C(=O)c1ccc(-c2cc3nccc(-c4ccc(F)c(C#N)c4)c3o2)cc1.CN(C)C(=O)c1ccc(-c2cc3nccc(-c4ccc(NC5CCOC6(CC6)C5)c(C#N)c4)c3o2)cc1.COC1CC(O)CC2(CC2)O1.Cl.NC1CCOC2(CC2)C1.NO.O/N=C1/CCOC2(CC2)C1.O=C(Cl)C(=O)Cl.O=C1CCOC2(CC2)C1.OC1CCOC2(CC2)C1. The average molecular weight is 1760 g/mol. The van der Waals surface area contributed by atoms with E-state index < -0.39 is 16.3 Å². The van der Waals surface area contributed by atoms with Gasteiger partial charge >= 0.3 is 10.5 Å². The second-order valence-corrected chi connectivity index (χ2v) is 34.3. The van der Waals surface area contributed by atoms with Gasteiger partial charge in [0.1, 0.15) is 46.3 Å². The van der Waals surface area contributed by atoms with Gasteiger partial charge in [0.2, 0.25) is 0 Å². The summed E-state index contributed by atoms with van der Waals surface area (Å²) in [6.07, 6.45) is 26.9. The summed E-state index contributed by atoms with van der Waals surface area (Å²) in [7, 11) is 8.50. The summed E-state index contributed by atoms with van der Waals surface area (Å²) in [6.45, 7) is 3.82. The number of aliphatic hydroxyl groups excluding tert-OH is 2. The van der Waals surface area contributed by atoms with Crippen LogP contribution in [-0.4, -0.2) is 207 Å². The van der Waals surface area contributed by atoms with Crippen LogP contribution in [0.25, 0.3) is 67.1 Å². The highest BCUT2D eigenvalue weighted by Crippen LogP contribution is 2.51. The van der Waals surface area contributed by atoms with Gasteiger partial charge in [-0.15, -0.1) is 12.4 Å². The number of methoxy groups -OCH3 is 1. The zero-order valence-corrected chi connectivity index (χ0v) is 72.1. The molecule has 5 unspecified atom stereocenters. The fraction of sp³-hybridized carbons (Fsp3) is 0.495. The number of fused-ring (bicyclic) bond motifs is 2. The fourth-order valence-electron chi connectivity index (χ4n) is 15.8. The number of ketones is 1. The van der Waals surface area contributed by atoms with Gasteiger partial charge in [-0.1, -0.05) is 41.6 Å². The minimum Gasteiger partial charge on any atom is -0.454 e. The van der Waals surface area contributed by atoms with Crippen molar-refractivity contribution < 1.29 is 91.0 Å². The molecule has 4 aromatic carbocycles. The van der Waals surface area contributed by atoms with Crippen molar-refractivity contribution in [3.63, 3.8) is 0 Å². The minimum absolute atomic E-state index is 0. The molecule has 9 N–H and O–H groups in total. The van der Waals surface area contributed by atoms with Crippen molar-refractivity contribution in [2.75, 3.05) is 73.7 Å². The minimum atomic E-state index is -1.14. The van der Waals surface area contributed by atoms with Crippen molar-refractivity contribution in [3.05, 3.63) is 150 Å². The lowest BCUT2D eigenvalue weighted by Crippen LogP contribution is -2.37. The predicted octanol–water partition coefficient (Wildman–Crippen LogP) is 15.1. The summed E-state index contributed by atoms with van der Waals surface area (Å²) < 4.78 is 64.6. The molecule has 6 aliphatic carbocycles. The third kappa shape index (κ3) is 25.5. The van der Waals surface area contributed by atoms with Crippen molar-refractivity contribution in [2.24, 2.45) is 16.8 Å². The predicted molar refractivity (Wildman–Crippen MR) is 461 cm³/mol. The van der Waals surface area contributed by atoms with Crippen LogP contribution in [0.5, 0.6) is 0 Å². The molecule has 6 aliphatic heterocycles. The van der Waals surface area contributed by atoms with E-state index in [-0.39, 0.29) is 81.9 Å². The molecule has 0 bridgehead atoms. The van der Waals surface area contributed by atoms with Crippen LogP contribution in [0.4, 0.5) is 10.1 Å². The molecule has 6 spiro atoms. The van der Waals surface area contributed by atoms with E-state index >= 15 is 0 Å². The molecule has 12 aliphatic rings. The molecule has 20 rings (SSSR count). The molecule has 10 heterocycles. The van der Waals surface area contributed by atoms with E-state index in [9.17, 15) is 43.8 Å².